The van der Waals surface area contributed by atoms with Crippen molar-refractivity contribution in [1.82, 2.24) is 0 Å². The van der Waals surface area contributed by atoms with Gasteiger partial charge in [0.15, 0.2) is 0 Å². The number of nitrogen functional groups attached to an aromatic ring is 1. The smallest absolute Gasteiger partial charge is 0.122 e. The van der Waals surface area contributed by atoms with E-state index in [4.69, 9.17) is 16.1 Å². The van der Waals surface area contributed by atoms with Crippen LogP contribution >= 0.6 is 15.9 Å². The highest BCUT2D eigenvalue weighted by Gasteiger charge is 2.16. The Morgan fingerprint density at radius 1 is 1.07 bits per heavy atom. The average molecular weight is 446 g/mol. The Kier molecular flexibility index (Phi) is 5.37. The molecule has 0 aromatic heterocycles. The van der Waals surface area contributed by atoms with E-state index >= 15 is 0 Å². The van der Waals surface area contributed by atoms with Crippen LogP contribution in [0.5, 0.6) is 0 Å². The van der Waals surface area contributed by atoms with Crippen LogP contribution in [0.25, 0.3) is 22.9 Å². The molecule has 3 N–H and O–H groups in total. The fourth-order valence-electron chi connectivity index (χ4n) is 3.82. The molecule has 0 atom stereocenters. The maximum atomic E-state index is 7.63. The molecular formula is C25H24BrN3. The standard InChI is InChI=1S/C25H24BrN3/c1-15(2)24-22-12-16(5-6-18(22)9-10-29-24)3-4-17-11-19-7-8-20(25(27)28)14-21(19)23(26)13-17/h3-8,11-15H,9-10H2,1-2H3,(H3,27,28)/b4-3+. The fraction of sp³-hybridized carbons (Fsp3) is 0.200. The maximum Gasteiger partial charge on any atom is 0.122 e. The fourth-order valence-corrected chi connectivity index (χ4v) is 4.43. The summed E-state index contributed by atoms with van der Waals surface area (Å²) in [6, 6.07) is 16.8. The Bertz CT molecular complexity index is 1170. The molecule has 0 saturated heterocycles. The van der Waals surface area contributed by atoms with Gasteiger partial charge < -0.3 is 5.73 Å². The van der Waals surface area contributed by atoms with Crippen molar-refractivity contribution in [3.63, 3.8) is 0 Å². The van der Waals surface area contributed by atoms with Crippen LogP contribution in [0.1, 0.15) is 41.7 Å². The Labute approximate surface area is 180 Å². The van der Waals surface area contributed by atoms with Gasteiger partial charge in [-0.05, 0) is 69.6 Å². The first-order valence-electron chi connectivity index (χ1n) is 9.86. The molecule has 0 fully saturated rings. The molecule has 29 heavy (non-hydrogen) atoms. The van der Waals surface area contributed by atoms with Crippen molar-refractivity contribution in [3.05, 3.63) is 80.8 Å². The monoisotopic (exact) mass is 445 g/mol. The molecule has 0 radical (unpaired) electrons. The third-order valence-corrected chi connectivity index (χ3v) is 5.98. The summed E-state index contributed by atoms with van der Waals surface area (Å²) in [4.78, 5) is 4.76. The summed E-state index contributed by atoms with van der Waals surface area (Å²) in [5.41, 5.74) is 12.6. The first-order valence-corrected chi connectivity index (χ1v) is 10.6. The zero-order valence-electron chi connectivity index (χ0n) is 16.7. The number of amidine groups is 1. The number of nitrogens with zero attached hydrogens (tertiary/aromatic N) is 1. The summed E-state index contributed by atoms with van der Waals surface area (Å²) in [5, 5.41) is 9.81. The van der Waals surface area contributed by atoms with Gasteiger partial charge in [-0.2, -0.15) is 0 Å². The van der Waals surface area contributed by atoms with E-state index in [-0.39, 0.29) is 5.84 Å². The predicted molar refractivity (Wildman–Crippen MR) is 128 cm³/mol. The van der Waals surface area contributed by atoms with Gasteiger partial charge in [0.2, 0.25) is 0 Å². The summed E-state index contributed by atoms with van der Waals surface area (Å²) >= 11 is 3.67. The van der Waals surface area contributed by atoms with E-state index in [9.17, 15) is 0 Å². The third kappa shape index (κ3) is 4.03. The van der Waals surface area contributed by atoms with Crippen LogP contribution in [0.3, 0.4) is 0 Å². The second kappa shape index (κ2) is 7.96. The van der Waals surface area contributed by atoms with Gasteiger partial charge in [-0.1, -0.05) is 66.2 Å². The molecule has 0 spiro atoms. The quantitative estimate of drug-likeness (QED) is 0.286. The largest absolute Gasteiger partial charge is 0.384 e. The molecule has 4 rings (SSSR count). The van der Waals surface area contributed by atoms with Crippen molar-refractivity contribution in [2.45, 2.75) is 20.3 Å². The number of hydrogen-bond acceptors (Lipinski definition) is 2. The Hall–Kier alpha value is -2.72. The zero-order chi connectivity index (χ0) is 20.5. The van der Waals surface area contributed by atoms with Crippen LogP contribution in [-0.2, 0) is 6.42 Å². The first kappa shape index (κ1) is 19.6. The van der Waals surface area contributed by atoms with Crippen LogP contribution in [0.4, 0.5) is 0 Å². The first-order chi connectivity index (χ1) is 13.9. The molecule has 4 heteroatoms. The Balaban J connectivity index is 1.67. The lowest BCUT2D eigenvalue weighted by Crippen LogP contribution is -2.18. The molecule has 0 unspecified atom stereocenters. The molecule has 1 aliphatic heterocycles. The van der Waals surface area contributed by atoms with E-state index in [1.807, 2.05) is 18.2 Å². The van der Waals surface area contributed by atoms with Gasteiger partial charge >= 0.3 is 0 Å². The average Bonchev–Trinajstić information content (AvgIpc) is 2.71. The lowest BCUT2D eigenvalue weighted by Gasteiger charge is -2.20. The summed E-state index contributed by atoms with van der Waals surface area (Å²) in [6.45, 7) is 5.31. The summed E-state index contributed by atoms with van der Waals surface area (Å²) in [5.74, 6) is 0.518. The molecule has 3 aromatic carbocycles. The van der Waals surface area contributed by atoms with Gasteiger partial charge in [-0.3, -0.25) is 10.4 Å². The molecule has 1 heterocycles. The van der Waals surface area contributed by atoms with Crippen molar-refractivity contribution in [2.75, 3.05) is 6.54 Å². The van der Waals surface area contributed by atoms with Crippen LogP contribution in [0.2, 0.25) is 0 Å². The second-order valence-electron chi connectivity index (χ2n) is 7.77. The van der Waals surface area contributed by atoms with Crippen LogP contribution in [0.15, 0.2) is 58.0 Å². The molecule has 3 nitrogen and oxygen atoms in total. The highest BCUT2D eigenvalue weighted by atomic mass is 79.9. The Morgan fingerprint density at radius 2 is 1.86 bits per heavy atom. The Morgan fingerprint density at radius 3 is 2.62 bits per heavy atom. The van der Waals surface area contributed by atoms with E-state index < -0.39 is 0 Å². The molecule has 0 amide bonds. The number of nitrogens with two attached hydrogens (primary N) is 1. The van der Waals surface area contributed by atoms with Crippen LogP contribution in [0, 0.1) is 11.3 Å². The summed E-state index contributed by atoms with van der Waals surface area (Å²) < 4.78 is 0.998. The number of benzene rings is 3. The predicted octanol–water partition coefficient (Wildman–Crippen LogP) is 6.06. The molecule has 0 aliphatic carbocycles. The highest BCUT2D eigenvalue weighted by molar-refractivity contribution is 9.10. The van der Waals surface area contributed by atoms with Crippen LogP contribution < -0.4 is 5.73 Å². The molecule has 1 aliphatic rings. The molecule has 146 valence electrons. The van der Waals surface area contributed by atoms with E-state index in [0.29, 0.717) is 5.92 Å². The topological polar surface area (TPSA) is 62.2 Å². The zero-order valence-corrected chi connectivity index (χ0v) is 18.3. The van der Waals surface area contributed by atoms with Gasteiger partial charge in [-0.25, -0.2) is 0 Å². The van der Waals surface area contributed by atoms with E-state index in [1.165, 1.54) is 22.4 Å². The molecular weight excluding hydrogens is 422 g/mol. The van der Waals surface area contributed by atoms with Crippen molar-refractivity contribution in [2.24, 2.45) is 16.6 Å². The number of halogens is 1. The third-order valence-electron chi connectivity index (χ3n) is 5.33. The van der Waals surface area contributed by atoms with Gasteiger partial charge in [0.1, 0.15) is 5.84 Å². The van der Waals surface area contributed by atoms with Gasteiger partial charge in [-0.15, -0.1) is 0 Å². The SMILES string of the molecule is CC(C)C1=NCCc2ccc(/C=C/c3cc(Br)c4cc(C(=N)N)ccc4c3)cc21. The normalized spacial score (nSPS) is 13.7. The lowest BCUT2D eigenvalue weighted by atomic mass is 9.90. The minimum absolute atomic E-state index is 0.0829. The van der Waals surface area contributed by atoms with Crippen LogP contribution in [-0.4, -0.2) is 18.1 Å². The number of nitrogens with one attached hydrogen (secondary N) is 1. The summed E-state index contributed by atoms with van der Waals surface area (Å²) in [6.07, 6.45) is 5.32. The maximum absolute atomic E-state index is 7.63. The van der Waals surface area contributed by atoms with Gasteiger partial charge in [0.25, 0.3) is 0 Å². The molecule has 0 bridgehead atoms. The lowest BCUT2D eigenvalue weighted by molar-refractivity contribution is 0.839. The van der Waals surface area contributed by atoms with Crippen molar-refractivity contribution < 1.29 is 0 Å². The number of fused-ring (bicyclic) bond motifs is 2. The number of hydrogen-bond donors (Lipinski definition) is 2. The van der Waals surface area contributed by atoms with E-state index in [0.717, 1.165) is 39.3 Å². The van der Waals surface area contributed by atoms with E-state index in [2.05, 4.69) is 72.3 Å². The number of rotatable bonds is 4. The van der Waals surface area contributed by atoms with Gasteiger partial charge in [0.05, 0.1) is 0 Å². The molecule has 0 saturated carbocycles. The van der Waals surface area contributed by atoms with Crippen molar-refractivity contribution in [3.8, 4) is 0 Å². The van der Waals surface area contributed by atoms with E-state index in [1.54, 1.807) is 0 Å². The van der Waals surface area contributed by atoms with Crippen molar-refractivity contribution in [1.29, 1.82) is 5.41 Å². The molecule has 3 aromatic rings. The highest BCUT2D eigenvalue weighted by Crippen LogP contribution is 2.28. The van der Waals surface area contributed by atoms with Crippen molar-refractivity contribution >= 4 is 50.4 Å². The number of aliphatic imine (C=N–C) groups is 1. The van der Waals surface area contributed by atoms with Gasteiger partial charge in [0, 0.05) is 22.3 Å². The minimum Gasteiger partial charge on any atom is -0.384 e. The minimum atomic E-state index is 0.0829. The second-order valence-corrected chi connectivity index (χ2v) is 8.63. The summed E-state index contributed by atoms with van der Waals surface area (Å²) in [7, 11) is 0.